The third kappa shape index (κ3) is 4.99. The van der Waals surface area contributed by atoms with Crippen LogP contribution < -0.4 is 14.8 Å². The van der Waals surface area contributed by atoms with Crippen LogP contribution in [0.4, 0.5) is 16.3 Å². The highest BCUT2D eigenvalue weighted by Gasteiger charge is 2.28. The molecular weight excluding hydrogens is 432 g/mol. The van der Waals surface area contributed by atoms with E-state index in [9.17, 15) is 4.79 Å². The number of amides is 1. The number of terminal acetylenes is 1. The Labute approximate surface area is 199 Å². The molecule has 1 aliphatic rings. The predicted octanol–water partition coefficient (Wildman–Crippen LogP) is 4.75. The van der Waals surface area contributed by atoms with Crippen LogP contribution in [0.1, 0.15) is 31.2 Å². The monoisotopic (exact) mass is 460 g/mol. The Morgan fingerprint density at radius 3 is 2.62 bits per heavy atom. The highest BCUT2D eigenvalue weighted by atomic mass is 16.5. The molecule has 0 bridgehead atoms. The zero-order chi connectivity index (χ0) is 24.1. The van der Waals surface area contributed by atoms with Gasteiger partial charge in [0.1, 0.15) is 12.1 Å². The number of nitrogens with one attached hydrogen (secondary N) is 1. The second kappa shape index (κ2) is 10.3. The van der Waals surface area contributed by atoms with Crippen molar-refractivity contribution in [3.63, 3.8) is 0 Å². The van der Waals surface area contributed by atoms with Crippen molar-refractivity contribution in [1.29, 1.82) is 0 Å². The first-order valence-electron chi connectivity index (χ1n) is 11.2. The van der Waals surface area contributed by atoms with Gasteiger partial charge in [0.2, 0.25) is 0 Å². The average Bonchev–Trinajstić information content (AvgIpc) is 2.88. The van der Waals surface area contributed by atoms with Crippen LogP contribution in [0.5, 0.6) is 11.5 Å². The number of ether oxygens (including phenoxy) is 3. The van der Waals surface area contributed by atoms with Crippen molar-refractivity contribution in [2.75, 3.05) is 26.6 Å². The molecule has 8 nitrogen and oxygen atoms in total. The quantitative estimate of drug-likeness (QED) is 0.531. The summed E-state index contributed by atoms with van der Waals surface area (Å²) in [7, 11) is 4.79. The molecule has 1 aliphatic carbocycles. The minimum Gasteiger partial charge on any atom is -0.493 e. The van der Waals surface area contributed by atoms with E-state index in [1.54, 1.807) is 19.1 Å². The highest BCUT2D eigenvalue weighted by Crippen LogP contribution is 2.37. The number of hydrogen-bond donors (Lipinski definition) is 1. The van der Waals surface area contributed by atoms with Crippen LogP contribution in [0.3, 0.4) is 0 Å². The number of fused-ring (bicyclic) bond motifs is 1. The second-order valence-electron chi connectivity index (χ2n) is 8.22. The van der Waals surface area contributed by atoms with Gasteiger partial charge in [-0.15, -0.1) is 6.42 Å². The van der Waals surface area contributed by atoms with E-state index in [0.717, 1.165) is 47.8 Å². The van der Waals surface area contributed by atoms with Crippen molar-refractivity contribution in [3.05, 3.63) is 48.3 Å². The van der Waals surface area contributed by atoms with E-state index in [1.165, 1.54) is 13.4 Å². The molecule has 0 spiro atoms. The van der Waals surface area contributed by atoms with E-state index in [1.807, 2.05) is 36.4 Å². The van der Waals surface area contributed by atoms with E-state index in [4.69, 9.17) is 20.6 Å². The molecule has 2 aromatic carbocycles. The topological polar surface area (TPSA) is 85.8 Å². The maximum Gasteiger partial charge on any atom is 0.409 e. The second-order valence-corrected chi connectivity index (χ2v) is 8.22. The van der Waals surface area contributed by atoms with Crippen molar-refractivity contribution in [3.8, 4) is 23.8 Å². The van der Waals surface area contributed by atoms with Gasteiger partial charge in [-0.3, -0.25) is 0 Å². The Hall–Kier alpha value is -3.99. The zero-order valence-electron chi connectivity index (χ0n) is 19.6. The molecule has 0 radical (unpaired) electrons. The van der Waals surface area contributed by atoms with E-state index in [0.29, 0.717) is 17.3 Å². The van der Waals surface area contributed by atoms with Gasteiger partial charge in [-0.1, -0.05) is 12.0 Å². The molecule has 0 unspecified atom stereocenters. The molecule has 1 amide bonds. The van der Waals surface area contributed by atoms with Crippen LogP contribution in [-0.2, 0) is 4.74 Å². The molecule has 0 atom stereocenters. The maximum atomic E-state index is 11.8. The number of methoxy groups -OCH3 is 2. The zero-order valence-corrected chi connectivity index (χ0v) is 19.6. The first-order chi connectivity index (χ1) is 16.5. The number of carbonyl (C=O) groups is 1. The predicted molar refractivity (Wildman–Crippen MR) is 131 cm³/mol. The van der Waals surface area contributed by atoms with Gasteiger partial charge in [0.15, 0.2) is 11.5 Å². The molecule has 3 aromatic rings. The van der Waals surface area contributed by atoms with Crippen LogP contribution in [-0.4, -0.2) is 54.4 Å². The Balaban J connectivity index is 1.55. The van der Waals surface area contributed by atoms with Crippen molar-refractivity contribution >= 4 is 28.5 Å². The number of aromatic nitrogens is 2. The minimum atomic E-state index is -0.312. The van der Waals surface area contributed by atoms with Gasteiger partial charge < -0.3 is 24.4 Å². The lowest BCUT2D eigenvalue weighted by Gasteiger charge is -2.34. The fourth-order valence-electron chi connectivity index (χ4n) is 4.26. The number of benzene rings is 2. The van der Waals surface area contributed by atoms with Crippen LogP contribution in [0.15, 0.2) is 42.7 Å². The van der Waals surface area contributed by atoms with Gasteiger partial charge in [0, 0.05) is 35.8 Å². The number of nitrogens with zero attached hydrogens (tertiary/aromatic N) is 3. The minimum absolute atomic E-state index is 0.0157. The molecule has 0 aliphatic heterocycles. The molecule has 8 heteroatoms. The van der Waals surface area contributed by atoms with Gasteiger partial charge in [-0.05, 0) is 49.9 Å². The molecule has 1 saturated carbocycles. The van der Waals surface area contributed by atoms with Gasteiger partial charge >= 0.3 is 6.09 Å². The summed E-state index contributed by atoms with van der Waals surface area (Å²) in [5.74, 6) is 4.54. The van der Waals surface area contributed by atoms with E-state index < -0.39 is 0 Å². The fraction of sp³-hybridized carbons (Fsp3) is 0.346. The molecule has 0 saturated heterocycles. The average molecular weight is 461 g/mol. The van der Waals surface area contributed by atoms with E-state index in [-0.39, 0.29) is 18.2 Å². The summed E-state index contributed by atoms with van der Waals surface area (Å²) in [5, 5.41) is 4.14. The fourth-order valence-corrected chi connectivity index (χ4v) is 4.26. The summed E-state index contributed by atoms with van der Waals surface area (Å²) in [6.07, 6.45) is 10.1. The Kier molecular flexibility index (Phi) is 7.02. The van der Waals surface area contributed by atoms with Crippen LogP contribution in [0, 0.1) is 12.3 Å². The SMILES string of the molecule is C#Cc1cccc(Nc2ncnc3cc(OC)c(O[C@H]4CC[C@H](N(C)C(=O)OC)CC4)cc23)c1. The van der Waals surface area contributed by atoms with Crippen molar-refractivity contribution in [2.24, 2.45) is 0 Å². The van der Waals surface area contributed by atoms with Crippen molar-refractivity contribution in [2.45, 2.75) is 37.8 Å². The lowest BCUT2D eigenvalue weighted by Crippen LogP contribution is -2.41. The summed E-state index contributed by atoms with van der Waals surface area (Å²) in [6.45, 7) is 0. The molecule has 1 N–H and O–H groups in total. The van der Waals surface area contributed by atoms with Crippen molar-refractivity contribution < 1.29 is 19.0 Å². The lowest BCUT2D eigenvalue weighted by atomic mass is 9.92. The summed E-state index contributed by atoms with van der Waals surface area (Å²) in [5.41, 5.74) is 2.35. The van der Waals surface area contributed by atoms with E-state index in [2.05, 4.69) is 21.2 Å². The van der Waals surface area contributed by atoms with Crippen molar-refractivity contribution in [1.82, 2.24) is 14.9 Å². The van der Waals surface area contributed by atoms with Gasteiger partial charge in [0.05, 0.1) is 25.8 Å². The van der Waals surface area contributed by atoms with Crippen LogP contribution in [0.25, 0.3) is 10.9 Å². The van der Waals surface area contributed by atoms with Crippen LogP contribution in [0.2, 0.25) is 0 Å². The Morgan fingerprint density at radius 1 is 1.12 bits per heavy atom. The van der Waals surface area contributed by atoms with Gasteiger partial charge in [0.25, 0.3) is 0 Å². The first kappa shape index (κ1) is 23.2. The summed E-state index contributed by atoms with van der Waals surface area (Å²) in [4.78, 5) is 22.3. The summed E-state index contributed by atoms with van der Waals surface area (Å²) >= 11 is 0. The molecular formula is C26H28N4O4. The standard InChI is InChI=1S/C26H28N4O4/c1-5-17-7-6-8-18(13-17)29-25-21-14-24(23(32-3)15-22(21)27-16-28-25)34-20-11-9-19(10-12-20)30(2)26(31)33-4/h1,6-8,13-16,19-20H,9-12H2,2-4H3,(H,27,28,29)/t19-,20-. The van der Waals surface area contributed by atoms with Gasteiger partial charge in [-0.25, -0.2) is 14.8 Å². The third-order valence-electron chi connectivity index (χ3n) is 6.16. The molecule has 1 aromatic heterocycles. The van der Waals surface area contributed by atoms with Gasteiger partial charge in [-0.2, -0.15) is 0 Å². The Bertz CT molecular complexity index is 1220. The highest BCUT2D eigenvalue weighted by molar-refractivity contribution is 5.93. The Morgan fingerprint density at radius 2 is 1.91 bits per heavy atom. The number of rotatable bonds is 6. The molecule has 1 heterocycles. The van der Waals surface area contributed by atoms with E-state index >= 15 is 0 Å². The number of anilines is 2. The smallest absolute Gasteiger partial charge is 0.409 e. The number of carbonyl (C=O) groups excluding carboxylic acids is 1. The summed E-state index contributed by atoms with van der Waals surface area (Å²) in [6, 6.07) is 11.5. The lowest BCUT2D eigenvalue weighted by molar-refractivity contribution is 0.0801. The molecule has 1 fully saturated rings. The summed E-state index contributed by atoms with van der Waals surface area (Å²) < 4.78 is 16.8. The number of hydrogen-bond acceptors (Lipinski definition) is 7. The largest absolute Gasteiger partial charge is 0.493 e. The first-order valence-corrected chi connectivity index (χ1v) is 11.2. The maximum absolute atomic E-state index is 11.8. The molecule has 176 valence electrons. The third-order valence-corrected chi connectivity index (χ3v) is 6.16. The molecule has 34 heavy (non-hydrogen) atoms. The van der Waals surface area contributed by atoms with Crippen LogP contribution >= 0.6 is 0 Å². The molecule has 4 rings (SSSR count). The normalized spacial score (nSPS) is 17.5.